The van der Waals surface area contributed by atoms with Crippen LogP contribution in [-0.4, -0.2) is 37.3 Å². The lowest BCUT2D eigenvalue weighted by molar-refractivity contribution is -0.178. The number of nitrogens with zero attached hydrogens (tertiary/aromatic N) is 3. The lowest BCUT2D eigenvalue weighted by Gasteiger charge is -2.29. The van der Waals surface area contributed by atoms with Gasteiger partial charge in [-0.15, -0.1) is 0 Å². The van der Waals surface area contributed by atoms with Gasteiger partial charge in [0.1, 0.15) is 0 Å². The maximum atomic E-state index is 9.27. The van der Waals surface area contributed by atoms with Crippen molar-refractivity contribution in [3.63, 3.8) is 0 Å². The van der Waals surface area contributed by atoms with Crippen LogP contribution in [0.1, 0.15) is 6.42 Å². The summed E-state index contributed by atoms with van der Waals surface area (Å²) < 4.78 is 9.96. The molecular weight excluding hydrogens is 162 g/mol. The molecule has 1 N–H and O–H groups in total. The maximum absolute atomic E-state index is 9.27. The van der Waals surface area contributed by atoms with Gasteiger partial charge in [0.05, 0.1) is 18.8 Å². The molecule has 1 fully saturated rings. The zero-order valence-corrected chi connectivity index (χ0v) is 6.75. The molecule has 0 amide bonds. The number of methoxy groups -OCH3 is 1. The van der Waals surface area contributed by atoms with Crippen LogP contribution in [0.4, 0.5) is 0 Å². The fraction of sp³-hybridized carbons (Fsp3) is 1.00. The zero-order valence-electron chi connectivity index (χ0n) is 6.75. The number of hydrogen-bond donors (Lipinski definition) is 1. The van der Waals surface area contributed by atoms with Gasteiger partial charge in [0.25, 0.3) is 0 Å². The van der Waals surface area contributed by atoms with E-state index in [0.29, 0.717) is 6.42 Å². The summed E-state index contributed by atoms with van der Waals surface area (Å²) in [5, 5.41) is 12.7. The lowest BCUT2D eigenvalue weighted by atomic mass is 10.1. The van der Waals surface area contributed by atoms with Crippen molar-refractivity contribution in [2.75, 3.05) is 13.7 Å². The molecule has 6 heteroatoms. The van der Waals surface area contributed by atoms with Crippen molar-refractivity contribution < 1.29 is 14.6 Å². The van der Waals surface area contributed by atoms with Crippen molar-refractivity contribution in [1.82, 2.24) is 0 Å². The summed E-state index contributed by atoms with van der Waals surface area (Å²) in [4.78, 5) is 2.63. The molecule has 0 aromatic rings. The van der Waals surface area contributed by atoms with Crippen molar-refractivity contribution in [1.29, 1.82) is 0 Å². The van der Waals surface area contributed by atoms with E-state index in [1.165, 1.54) is 7.11 Å². The Kier molecular flexibility index (Phi) is 3.31. The van der Waals surface area contributed by atoms with E-state index >= 15 is 0 Å². The quantitative estimate of drug-likeness (QED) is 0.373. The smallest absolute Gasteiger partial charge is 0.157 e. The summed E-state index contributed by atoms with van der Waals surface area (Å²) in [6.07, 6.45) is -0.682. The molecule has 1 aliphatic rings. The third-order valence-electron chi connectivity index (χ3n) is 1.79. The number of ether oxygens (including phenoxy) is 2. The Balaban J connectivity index is 2.52. The number of aliphatic hydroxyl groups is 1. The van der Waals surface area contributed by atoms with Gasteiger partial charge in [-0.1, -0.05) is 5.11 Å². The number of aliphatic hydroxyl groups excluding tert-OH is 1. The minimum atomic E-state index is -0.715. The largest absolute Gasteiger partial charge is 0.390 e. The fourth-order valence-corrected chi connectivity index (χ4v) is 1.09. The zero-order chi connectivity index (χ0) is 8.97. The third-order valence-corrected chi connectivity index (χ3v) is 1.79. The van der Waals surface area contributed by atoms with E-state index in [0.717, 1.165) is 0 Å². The summed E-state index contributed by atoms with van der Waals surface area (Å²) in [5.74, 6) is 0. The van der Waals surface area contributed by atoms with Crippen molar-refractivity contribution >= 4 is 0 Å². The van der Waals surface area contributed by atoms with E-state index in [2.05, 4.69) is 10.0 Å². The standard InChI is InChI=1S/C6H11N3O3/c1-11-6-2-4(8-9-7)5(10)3-12-6/h4-6,10H,2-3H2,1H3/t4-,5-,6+/m1/s1. The average Bonchev–Trinajstić information content (AvgIpc) is 2.09. The second-order valence-electron chi connectivity index (χ2n) is 2.57. The molecule has 1 rings (SSSR count). The highest BCUT2D eigenvalue weighted by atomic mass is 16.7. The van der Waals surface area contributed by atoms with Crippen molar-refractivity contribution in [3.8, 4) is 0 Å². The monoisotopic (exact) mass is 173 g/mol. The van der Waals surface area contributed by atoms with Crippen LogP contribution in [0.3, 0.4) is 0 Å². The number of hydrogen-bond acceptors (Lipinski definition) is 4. The second-order valence-corrected chi connectivity index (χ2v) is 2.57. The molecule has 1 heterocycles. The fourth-order valence-electron chi connectivity index (χ4n) is 1.09. The van der Waals surface area contributed by atoms with Gasteiger partial charge >= 0.3 is 0 Å². The SMILES string of the molecule is CO[C@@H]1C[C@@H](N=[N+]=[N-])[C@H](O)CO1. The van der Waals surface area contributed by atoms with E-state index in [9.17, 15) is 5.11 Å². The molecule has 0 unspecified atom stereocenters. The number of rotatable bonds is 2. The predicted octanol–water partition coefficient (Wildman–Crippen LogP) is 0.419. The molecule has 0 bridgehead atoms. The Labute approximate surface area is 69.7 Å². The molecule has 0 aliphatic carbocycles. The minimum absolute atomic E-state index is 0.155. The Bertz CT molecular complexity index is 192. The summed E-state index contributed by atoms with van der Waals surface area (Å²) in [7, 11) is 1.51. The Morgan fingerprint density at radius 2 is 2.50 bits per heavy atom. The first-order chi connectivity index (χ1) is 5.77. The molecule has 0 radical (unpaired) electrons. The molecule has 0 aromatic heterocycles. The van der Waals surface area contributed by atoms with E-state index < -0.39 is 12.1 Å². The summed E-state index contributed by atoms with van der Waals surface area (Å²) in [6, 6.07) is -0.436. The predicted molar refractivity (Wildman–Crippen MR) is 40.3 cm³/mol. The highest BCUT2D eigenvalue weighted by Gasteiger charge is 2.28. The summed E-state index contributed by atoms with van der Waals surface area (Å²) in [6.45, 7) is 0.155. The Morgan fingerprint density at radius 1 is 1.75 bits per heavy atom. The first kappa shape index (κ1) is 9.28. The minimum Gasteiger partial charge on any atom is -0.390 e. The Morgan fingerprint density at radius 3 is 3.08 bits per heavy atom. The van der Waals surface area contributed by atoms with Gasteiger partial charge in [-0.05, 0) is 5.53 Å². The van der Waals surface area contributed by atoms with Crippen LogP contribution < -0.4 is 0 Å². The molecule has 1 saturated heterocycles. The average molecular weight is 173 g/mol. The van der Waals surface area contributed by atoms with Gasteiger partial charge in [-0.2, -0.15) is 0 Å². The Hall–Kier alpha value is -0.810. The molecule has 0 saturated carbocycles. The third kappa shape index (κ3) is 2.09. The van der Waals surface area contributed by atoms with E-state index in [1.807, 2.05) is 0 Å². The van der Waals surface area contributed by atoms with Crippen LogP contribution in [0.5, 0.6) is 0 Å². The van der Waals surface area contributed by atoms with E-state index in [1.54, 1.807) is 0 Å². The summed E-state index contributed by atoms with van der Waals surface area (Å²) >= 11 is 0. The van der Waals surface area contributed by atoms with Crippen LogP contribution in [0, 0.1) is 0 Å². The lowest BCUT2D eigenvalue weighted by Crippen LogP contribution is -2.40. The second kappa shape index (κ2) is 4.27. The molecular formula is C6H11N3O3. The molecule has 3 atom stereocenters. The first-order valence-corrected chi connectivity index (χ1v) is 3.64. The normalized spacial score (nSPS) is 35.7. The molecule has 0 spiro atoms. The van der Waals surface area contributed by atoms with Crippen LogP contribution >= 0.6 is 0 Å². The highest BCUT2D eigenvalue weighted by Crippen LogP contribution is 2.17. The van der Waals surface area contributed by atoms with Crippen molar-refractivity contribution in [3.05, 3.63) is 10.4 Å². The van der Waals surface area contributed by atoms with Gasteiger partial charge in [-0.3, -0.25) is 0 Å². The molecule has 68 valence electrons. The first-order valence-electron chi connectivity index (χ1n) is 3.64. The van der Waals surface area contributed by atoms with Crippen LogP contribution in [0.2, 0.25) is 0 Å². The molecule has 1 aliphatic heterocycles. The topological polar surface area (TPSA) is 87.5 Å². The molecule has 6 nitrogen and oxygen atoms in total. The van der Waals surface area contributed by atoms with E-state index in [4.69, 9.17) is 15.0 Å². The van der Waals surface area contributed by atoms with Gasteiger partial charge in [0.2, 0.25) is 0 Å². The maximum Gasteiger partial charge on any atom is 0.157 e. The van der Waals surface area contributed by atoms with Crippen molar-refractivity contribution in [2.24, 2.45) is 5.11 Å². The number of azide groups is 1. The van der Waals surface area contributed by atoms with Gasteiger partial charge < -0.3 is 14.6 Å². The van der Waals surface area contributed by atoms with Crippen LogP contribution in [-0.2, 0) is 9.47 Å². The van der Waals surface area contributed by atoms with Crippen molar-refractivity contribution in [2.45, 2.75) is 24.9 Å². The van der Waals surface area contributed by atoms with Gasteiger partial charge in [0, 0.05) is 18.4 Å². The van der Waals surface area contributed by atoms with Gasteiger partial charge in [0.15, 0.2) is 6.29 Å². The summed E-state index contributed by atoms with van der Waals surface area (Å²) in [5.41, 5.74) is 8.16. The molecule has 12 heavy (non-hydrogen) atoms. The van der Waals surface area contributed by atoms with Crippen LogP contribution in [0.15, 0.2) is 5.11 Å². The van der Waals surface area contributed by atoms with Gasteiger partial charge in [-0.25, -0.2) is 0 Å². The molecule has 0 aromatic carbocycles. The van der Waals surface area contributed by atoms with E-state index in [-0.39, 0.29) is 12.9 Å². The highest BCUT2D eigenvalue weighted by molar-refractivity contribution is 4.80. The van der Waals surface area contributed by atoms with Crippen LogP contribution in [0.25, 0.3) is 10.4 Å².